The summed E-state index contributed by atoms with van der Waals surface area (Å²) < 4.78 is 0. The van der Waals surface area contributed by atoms with Crippen molar-refractivity contribution in [2.45, 2.75) is 18.4 Å². The van der Waals surface area contributed by atoms with Crippen LogP contribution in [0, 0.1) is 11.3 Å². The van der Waals surface area contributed by atoms with E-state index in [0.717, 1.165) is 29.4 Å². The number of hydrogen-bond acceptors (Lipinski definition) is 3. The normalized spacial score (nSPS) is 15.2. The van der Waals surface area contributed by atoms with Gasteiger partial charge in [0.15, 0.2) is 0 Å². The summed E-state index contributed by atoms with van der Waals surface area (Å²) in [5.41, 5.74) is 3.64. The van der Waals surface area contributed by atoms with Gasteiger partial charge < -0.3 is 5.32 Å². The van der Waals surface area contributed by atoms with Gasteiger partial charge in [-0.3, -0.25) is 4.98 Å². The average Bonchev–Trinajstić information content (AvgIpc) is 3.37. The molecule has 0 atom stereocenters. The molecule has 106 valence electrons. The van der Waals surface area contributed by atoms with E-state index in [4.69, 9.17) is 0 Å². The molecule has 22 heavy (non-hydrogen) atoms. The number of nitrogens with one attached hydrogen (secondary N) is 1. The first-order valence-electron chi connectivity index (χ1n) is 7.44. The molecule has 2 aromatic carbocycles. The molecule has 3 heteroatoms. The number of fused-ring (bicyclic) bond motifs is 1. The summed E-state index contributed by atoms with van der Waals surface area (Å²) in [6, 6.07) is 20.7. The zero-order valence-electron chi connectivity index (χ0n) is 12.1. The Labute approximate surface area is 129 Å². The van der Waals surface area contributed by atoms with E-state index in [1.54, 1.807) is 6.20 Å². The highest BCUT2D eigenvalue weighted by Crippen LogP contribution is 2.49. The van der Waals surface area contributed by atoms with Crippen molar-refractivity contribution in [3.63, 3.8) is 0 Å². The van der Waals surface area contributed by atoms with Gasteiger partial charge in [0.1, 0.15) is 6.07 Å². The molecule has 0 spiro atoms. The van der Waals surface area contributed by atoms with Crippen LogP contribution in [0.15, 0.2) is 60.8 Å². The molecule has 0 unspecified atom stereocenters. The first-order valence-corrected chi connectivity index (χ1v) is 7.44. The van der Waals surface area contributed by atoms with Crippen LogP contribution < -0.4 is 5.32 Å². The fraction of sp³-hybridized carbons (Fsp3) is 0.158. The molecule has 3 nitrogen and oxygen atoms in total. The van der Waals surface area contributed by atoms with Crippen LogP contribution in [0.5, 0.6) is 0 Å². The number of hydrogen-bond donors (Lipinski definition) is 1. The molecule has 0 aliphatic heterocycles. The Balaban J connectivity index is 1.84. The van der Waals surface area contributed by atoms with Gasteiger partial charge in [-0.15, -0.1) is 0 Å². The summed E-state index contributed by atoms with van der Waals surface area (Å²) in [5, 5.41) is 14.1. The molecule has 0 saturated heterocycles. The van der Waals surface area contributed by atoms with Crippen LogP contribution in [0.2, 0.25) is 0 Å². The van der Waals surface area contributed by atoms with Gasteiger partial charge in [-0.25, -0.2) is 0 Å². The molecular weight excluding hydrogens is 270 g/mol. The number of nitriles is 1. The quantitative estimate of drug-likeness (QED) is 0.784. The second-order valence-electron chi connectivity index (χ2n) is 5.75. The Kier molecular flexibility index (Phi) is 2.83. The van der Waals surface area contributed by atoms with E-state index in [2.05, 4.69) is 40.6 Å². The van der Waals surface area contributed by atoms with Gasteiger partial charge in [-0.1, -0.05) is 48.5 Å². The van der Waals surface area contributed by atoms with E-state index in [0.29, 0.717) is 5.56 Å². The van der Waals surface area contributed by atoms with Crippen molar-refractivity contribution in [1.29, 1.82) is 5.26 Å². The number of nitrogens with zero attached hydrogens (tertiary/aromatic N) is 2. The topological polar surface area (TPSA) is 48.7 Å². The Hall–Kier alpha value is -2.86. The van der Waals surface area contributed by atoms with E-state index >= 15 is 0 Å². The summed E-state index contributed by atoms with van der Waals surface area (Å²) in [6.07, 6.45) is 3.82. The Bertz CT molecular complexity index is 874. The van der Waals surface area contributed by atoms with Crippen molar-refractivity contribution in [2.75, 3.05) is 5.32 Å². The third-order valence-corrected chi connectivity index (χ3v) is 4.34. The van der Waals surface area contributed by atoms with Crippen LogP contribution in [0.1, 0.15) is 24.0 Å². The highest BCUT2D eigenvalue weighted by atomic mass is 15.0. The smallest absolute Gasteiger partial charge is 0.103 e. The molecule has 1 fully saturated rings. The van der Waals surface area contributed by atoms with Crippen molar-refractivity contribution < 1.29 is 0 Å². The lowest BCUT2D eigenvalue weighted by Gasteiger charge is -2.21. The van der Waals surface area contributed by atoms with Gasteiger partial charge in [0.05, 0.1) is 22.3 Å². The van der Waals surface area contributed by atoms with Gasteiger partial charge in [-0.05, 0) is 24.5 Å². The summed E-state index contributed by atoms with van der Waals surface area (Å²) in [4.78, 5) is 4.37. The maximum Gasteiger partial charge on any atom is 0.103 e. The van der Waals surface area contributed by atoms with Crippen LogP contribution in [0.4, 0.5) is 5.69 Å². The minimum Gasteiger partial charge on any atom is -0.374 e. The fourth-order valence-electron chi connectivity index (χ4n) is 2.97. The molecule has 0 amide bonds. The molecule has 1 aliphatic carbocycles. The third kappa shape index (κ3) is 2.01. The molecule has 3 aromatic rings. The predicted molar refractivity (Wildman–Crippen MR) is 87.4 cm³/mol. The van der Waals surface area contributed by atoms with Crippen molar-refractivity contribution >= 4 is 16.6 Å². The zero-order valence-corrected chi connectivity index (χ0v) is 12.1. The number of aromatic nitrogens is 1. The summed E-state index contributed by atoms with van der Waals surface area (Å²) in [6.45, 7) is 0. The molecule has 0 radical (unpaired) electrons. The minimum atomic E-state index is -0.0447. The van der Waals surface area contributed by atoms with E-state index in [1.807, 2.05) is 30.3 Å². The van der Waals surface area contributed by atoms with Gasteiger partial charge in [-0.2, -0.15) is 5.26 Å². The Morgan fingerprint density at radius 1 is 1.00 bits per heavy atom. The largest absolute Gasteiger partial charge is 0.374 e. The summed E-state index contributed by atoms with van der Waals surface area (Å²) >= 11 is 0. The van der Waals surface area contributed by atoms with Crippen molar-refractivity contribution in [3.05, 3.63) is 71.9 Å². The number of pyridine rings is 1. The summed E-state index contributed by atoms with van der Waals surface area (Å²) in [5.74, 6) is 0. The lowest BCUT2D eigenvalue weighted by atomic mass is 10.0. The van der Waals surface area contributed by atoms with Crippen LogP contribution in [-0.4, -0.2) is 4.98 Å². The van der Waals surface area contributed by atoms with Crippen molar-refractivity contribution in [2.24, 2.45) is 0 Å². The molecule has 1 aliphatic rings. The SMILES string of the molecule is N#Cc1cnc2ccccc2c1NC1(c2ccccc2)CC1. The minimum absolute atomic E-state index is 0.0447. The fourth-order valence-corrected chi connectivity index (χ4v) is 2.97. The maximum absolute atomic E-state index is 9.44. The monoisotopic (exact) mass is 285 g/mol. The Morgan fingerprint density at radius 2 is 1.73 bits per heavy atom. The molecular formula is C19H15N3. The lowest BCUT2D eigenvalue weighted by molar-refractivity contribution is 0.809. The van der Waals surface area contributed by atoms with Crippen molar-refractivity contribution in [3.8, 4) is 6.07 Å². The summed E-state index contributed by atoms with van der Waals surface area (Å²) in [7, 11) is 0. The second kappa shape index (κ2) is 4.85. The first kappa shape index (κ1) is 12.8. The highest BCUT2D eigenvalue weighted by molar-refractivity contribution is 5.94. The van der Waals surface area contributed by atoms with E-state index in [-0.39, 0.29) is 5.54 Å². The van der Waals surface area contributed by atoms with Crippen molar-refractivity contribution in [1.82, 2.24) is 4.98 Å². The molecule has 1 N–H and O–H groups in total. The van der Waals surface area contributed by atoms with Gasteiger partial charge in [0, 0.05) is 11.6 Å². The van der Waals surface area contributed by atoms with Crippen LogP contribution in [0.25, 0.3) is 10.9 Å². The van der Waals surface area contributed by atoms with E-state index < -0.39 is 0 Å². The Morgan fingerprint density at radius 3 is 2.45 bits per heavy atom. The molecule has 1 heterocycles. The van der Waals surface area contributed by atoms with E-state index in [9.17, 15) is 5.26 Å². The highest BCUT2D eigenvalue weighted by Gasteiger charge is 2.44. The number of para-hydroxylation sites is 1. The van der Waals surface area contributed by atoms with Gasteiger partial charge >= 0.3 is 0 Å². The third-order valence-electron chi connectivity index (χ3n) is 4.34. The van der Waals surface area contributed by atoms with Crippen LogP contribution in [0.3, 0.4) is 0 Å². The molecule has 1 aromatic heterocycles. The molecule has 0 bridgehead atoms. The van der Waals surface area contributed by atoms with Crippen LogP contribution in [-0.2, 0) is 5.54 Å². The average molecular weight is 285 g/mol. The molecule has 1 saturated carbocycles. The van der Waals surface area contributed by atoms with E-state index in [1.165, 1.54) is 5.56 Å². The van der Waals surface area contributed by atoms with Crippen LogP contribution >= 0.6 is 0 Å². The molecule has 4 rings (SSSR count). The van der Waals surface area contributed by atoms with Gasteiger partial charge in [0.25, 0.3) is 0 Å². The second-order valence-corrected chi connectivity index (χ2v) is 5.75. The number of rotatable bonds is 3. The predicted octanol–water partition coefficient (Wildman–Crippen LogP) is 4.21. The standard InChI is InChI=1S/C19H15N3/c20-12-14-13-21-17-9-5-4-8-16(17)18(14)22-19(10-11-19)15-6-2-1-3-7-15/h1-9,13H,10-11H2,(H,21,22). The zero-order chi connectivity index (χ0) is 15.0. The first-order chi connectivity index (χ1) is 10.8. The maximum atomic E-state index is 9.44. The lowest BCUT2D eigenvalue weighted by Crippen LogP contribution is -2.19. The number of benzene rings is 2. The number of anilines is 1. The van der Waals surface area contributed by atoms with Gasteiger partial charge in [0.2, 0.25) is 0 Å².